The van der Waals surface area contributed by atoms with Crippen molar-refractivity contribution in [1.29, 1.82) is 0 Å². The highest BCUT2D eigenvalue weighted by Gasteiger charge is 2.21. The fourth-order valence-corrected chi connectivity index (χ4v) is 6.74. The summed E-state index contributed by atoms with van der Waals surface area (Å²) in [6.45, 7) is 15.0. The van der Waals surface area contributed by atoms with Gasteiger partial charge in [-0.25, -0.2) is 4.98 Å². The summed E-state index contributed by atoms with van der Waals surface area (Å²) in [6.07, 6.45) is 7.12. The van der Waals surface area contributed by atoms with Crippen LogP contribution in [0.2, 0.25) is 0 Å². The van der Waals surface area contributed by atoms with Crippen LogP contribution in [0.3, 0.4) is 0 Å². The second kappa shape index (κ2) is 13.3. The zero-order valence-electron chi connectivity index (χ0n) is 24.9. The SMILES string of the molecule is CC(C)CCN(CCC(C)C)C(=O)c1ccc2nc(-c3csc4ccccc34)n(CCCN3CCCCC3)c2c1. The smallest absolute Gasteiger partial charge is 0.253 e. The summed E-state index contributed by atoms with van der Waals surface area (Å²) in [7, 11) is 0. The number of amides is 1. The molecule has 6 heteroatoms. The van der Waals surface area contributed by atoms with Crippen LogP contribution in [0.1, 0.15) is 76.6 Å². The molecule has 1 fully saturated rings. The molecule has 5 rings (SSSR count). The van der Waals surface area contributed by atoms with E-state index in [1.165, 1.54) is 48.0 Å². The average Bonchev–Trinajstić information content (AvgIpc) is 3.54. The van der Waals surface area contributed by atoms with Crippen LogP contribution in [-0.4, -0.2) is 58.0 Å². The number of piperidine rings is 1. The minimum atomic E-state index is 0.145. The first kappa shape index (κ1) is 28.8. The number of likely N-dealkylation sites (tertiary alicyclic amines) is 1. The Morgan fingerprint density at radius 2 is 1.68 bits per heavy atom. The van der Waals surface area contributed by atoms with Gasteiger partial charge in [-0.3, -0.25) is 4.79 Å². The van der Waals surface area contributed by atoms with E-state index in [1.54, 1.807) is 11.3 Å². The van der Waals surface area contributed by atoms with Crippen LogP contribution >= 0.6 is 11.3 Å². The molecular formula is C34H46N4OS. The predicted molar refractivity (Wildman–Crippen MR) is 170 cm³/mol. The number of fused-ring (bicyclic) bond motifs is 2. The second-order valence-corrected chi connectivity index (χ2v) is 13.3. The fraction of sp³-hybridized carbons (Fsp3) is 0.529. The molecule has 2 aromatic heterocycles. The summed E-state index contributed by atoms with van der Waals surface area (Å²) in [5.74, 6) is 2.31. The Bertz CT molecular complexity index is 1400. The lowest BCUT2D eigenvalue weighted by molar-refractivity contribution is 0.0741. The van der Waals surface area contributed by atoms with E-state index in [9.17, 15) is 4.79 Å². The molecule has 2 aromatic carbocycles. The Balaban J connectivity index is 1.49. The monoisotopic (exact) mass is 558 g/mol. The predicted octanol–water partition coefficient (Wildman–Crippen LogP) is 8.33. The van der Waals surface area contributed by atoms with Gasteiger partial charge in [0.25, 0.3) is 5.91 Å². The van der Waals surface area contributed by atoms with Gasteiger partial charge in [0, 0.05) is 46.2 Å². The van der Waals surface area contributed by atoms with Crippen molar-refractivity contribution in [3.63, 3.8) is 0 Å². The highest BCUT2D eigenvalue weighted by atomic mass is 32.1. The molecule has 214 valence electrons. The summed E-state index contributed by atoms with van der Waals surface area (Å²) in [5, 5.41) is 3.50. The number of nitrogens with zero attached hydrogens (tertiary/aromatic N) is 4. The molecule has 4 aromatic rings. The van der Waals surface area contributed by atoms with E-state index in [0.29, 0.717) is 11.8 Å². The fourth-order valence-electron chi connectivity index (χ4n) is 5.80. The third-order valence-corrected chi connectivity index (χ3v) is 9.23. The average molecular weight is 559 g/mol. The molecule has 0 N–H and O–H groups in total. The minimum Gasteiger partial charge on any atom is -0.339 e. The van der Waals surface area contributed by atoms with Crippen LogP contribution in [-0.2, 0) is 6.54 Å². The van der Waals surface area contributed by atoms with Gasteiger partial charge < -0.3 is 14.4 Å². The van der Waals surface area contributed by atoms with Crippen molar-refractivity contribution in [2.24, 2.45) is 11.8 Å². The number of rotatable bonds is 12. The number of imidazole rings is 1. The first-order valence-corrected chi connectivity index (χ1v) is 16.3. The number of thiophene rings is 1. The Hall–Kier alpha value is -2.70. The number of hydrogen-bond donors (Lipinski definition) is 0. The number of aromatic nitrogens is 2. The molecule has 0 radical (unpaired) electrons. The lowest BCUT2D eigenvalue weighted by Crippen LogP contribution is -2.34. The largest absolute Gasteiger partial charge is 0.339 e. The highest BCUT2D eigenvalue weighted by Crippen LogP contribution is 2.35. The Kier molecular flexibility index (Phi) is 9.59. The van der Waals surface area contributed by atoms with Gasteiger partial charge in [-0.15, -0.1) is 11.3 Å². The first-order chi connectivity index (χ1) is 19.4. The molecule has 0 aliphatic carbocycles. The maximum Gasteiger partial charge on any atom is 0.253 e. The molecule has 0 unspecified atom stereocenters. The van der Waals surface area contributed by atoms with Crippen LogP contribution < -0.4 is 0 Å². The van der Waals surface area contributed by atoms with Crippen molar-refractivity contribution in [3.8, 4) is 11.4 Å². The van der Waals surface area contributed by atoms with E-state index in [2.05, 4.69) is 83.8 Å². The van der Waals surface area contributed by atoms with Crippen molar-refractivity contribution in [2.75, 3.05) is 32.7 Å². The molecule has 1 amide bonds. The van der Waals surface area contributed by atoms with Crippen LogP contribution in [0.5, 0.6) is 0 Å². The van der Waals surface area contributed by atoms with Crippen molar-refractivity contribution < 1.29 is 4.79 Å². The number of carbonyl (C=O) groups is 1. The van der Waals surface area contributed by atoms with Gasteiger partial charge in [0.2, 0.25) is 0 Å². The molecule has 1 aliphatic heterocycles. The normalized spacial score (nSPS) is 14.7. The summed E-state index contributed by atoms with van der Waals surface area (Å²) in [5.41, 5.74) is 4.01. The topological polar surface area (TPSA) is 41.4 Å². The molecule has 0 spiro atoms. The van der Waals surface area contributed by atoms with Gasteiger partial charge >= 0.3 is 0 Å². The van der Waals surface area contributed by atoms with E-state index in [0.717, 1.165) is 67.9 Å². The summed E-state index contributed by atoms with van der Waals surface area (Å²) in [4.78, 5) is 23.7. The zero-order chi connectivity index (χ0) is 28.1. The van der Waals surface area contributed by atoms with Crippen LogP contribution in [0.15, 0.2) is 47.8 Å². The van der Waals surface area contributed by atoms with Crippen LogP contribution in [0.4, 0.5) is 0 Å². The maximum atomic E-state index is 13.8. The van der Waals surface area contributed by atoms with Gasteiger partial charge in [-0.05, 0) is 87.8 Å². The van der Waals surface area contributed by atoms with Gasteiger partial charge in [-0.1, -0.05) is 52.3 Å². The summed E-state index contributed by atoms with van der Waals surface area (Å²) in [6, 6.07) is 14.8. The number of carbonyl (C=O) groups excluding carboxylic acids is 1. The quantitative estimate of drug-likeness (QED) is 0.175. The number of hydrogen-bond acceptors (Lipinski definition) is 4. The van der Waals surface area contributed by atoms with Crippen molar-refractivity contribution in [1.82, 2.24) is 19.4 Å². The van der Waals surface area contributed by atoms with Crippen LogP contribution in [0, 0.1) is 11.8 Å². The summed E-state index contributed by atoms with van der Waals surface area (Å²) < 4.78 is 3.67. The van der Waals surface area contributed by atoms with Crippen LogP contribution in [0.25, 0.3) is 32.5 Å². The zero-order valence-corrected chi connectivity index (χ0v) is 25.7. The summed E-state index contributed by atoms with van der Waals surface area (Å²) >= 11 is 1.78. The molecular weight excluding hydrogens is 512 g/mol. The highest BCUT2D eigenvalue weighted by molar-refractivity contribution is 7.17. The molecule has 3 heterocycles. The van der Waals surface area contributed by atoms with E-state index in [1.807, 2.05) is 6.07 Å². The lowest BCUT2D eigenvalue weighted by Gasteiger charge is -2.26. The van der Waals surface area contributed by atoms with E-state index in [4.69, 9.17) is 4.98 Å². The third kappa shape index (κ3) is 6.77. The van der Waals surface area contributed by atoms with E-state index < -0.39 is 0 Å². The van der Waals surface area contributed by atoms with Crippen molar-refractivity contribution >= 4 is 38.4 Å². The Labute approximate surface area is 244 Å². The van der Waals surface area contributed by atoms with E-state index in [-0.39, 0.29) is 5.91 Å². The molecule has 40 heavy (non-hydrogen) atoms. The minimum absolute atomic E-state index is 0.145. The molecule has 1 aliphatic rings. The van der Waals surface area contributed by atoms with E-state index >= 15 is 0 Å². The van der Waals surface area contributed by atoms with Gasteiger partial charge in [-0.2, -0.15) is 0 Å². The van der Waals surface area contributed by atoms with Crippen molar-refractivity contribution in [2.45, 2.75) is 72.8 Å². The van der Waals surface area contributed by atoms with Crippen molar-refractivity contribution in [3.05, 3.63) is 53.4 Å². The first-order valence-electron chi connectivity index (χ1n) is 15.4. The molecule has 0 atom stereocenters. The molecule has 1 saturated heterocycles. The van der Waals surface area contributed by atoms with Gasteiger partial charge in [0.15, 0.2) is 0 Å². The lowest BCUT2D eigenvalue weighted by atomic mass is 10.1. The number of aryl methyl sites for hydroxylation is 1. The molecule has 5 nitrogen and oxygen atoms in total. The van der Waals surface area contributed by atoms with Gasteiger partial charge in [0.1, 0.15) is 5.82 Å². The number of benzene rings is 2. The standard InChI is InChI=1S/C34H46N4OS/c1-25(2)15-21-37(22-16-26(3)4)34(39)27-13-14-30-31(23-27)38(20-10-19-36-17-8-5-9-18-36)33(35-30)29-24-40-32-12-7-6-11-28(29)32/h6-7,11-14,23-26H,5,8-10,15-22H2,1-4H3. The maximum absolute atomic E-state index is 13.8. The van der Waals surface area contributed by atoms with Gasteiger partial charge in [0.05, 0.1) is 11.0 Å². The molecule has 0 saturated carbocycles. The Morgan fingerprint density at radius 3 is 2.40 bits per heavy atom. The Morgan fingerprint density at radius 1 is 0.950 bits per heavy atom. The second-order valence-electron chi connectivity index (χ2n) is 12.3. The third-order valence-electron chi connectivity index (χ3n) is 8.26. The molecule has 0 bridgehead atoms.